The molecule has 1 rings (SSSR count). The molecular weight excluding hydrogens is 399 g/mol. The first-order chi connectivity index (χ1) is 14.9. The number of allylic oxidation sites excluding steroid dienone is 9. The van der Waals surface area contributed by atoms with Crippen molar-refractivity contribution in [2.45, 2.75) is 73.9 Å². The van der Waals surface area contributed by atoms with Crippen LogP contribution in [0.5, 0.6) is 0 Å². The Labute approximate surface area is 196 Å². The van der Waals surface area contributed by atoms with Crippen molar-refractivity contribution < 1.29 is 9.13 Å². The summed E-state index contributed by atoms with van der Waals surface area (Å²) in [5, 5.41) is 3.38. The summed E-state index contributed by atoms with van der Waals surface area (Å²) >= 11 is 0. The Morgan fingerprint density at radius 2 is 1.97 bits per heavy atom. The number of hydrogen-bond acceptors (Lipinski definition) is 3. The third kappa shape index (κ3) is 8.03. The van der Waals surface area contributed by atoms with Gasteiger partial charge in [-0.1, -0.05) is 58.9 Å². The summed E-state index contributed by atoms with van der Waals surface area (Å²) in [6.45, 7) is 20.8. The first-order valence-corrected chi connectivity index (χ1v) is 11.9. The molecule has 3 nitrogen and oxygen atoms in total. The van der Waals surface area contributed by atoms with Crippen molar-refractivity contribution in [2.75, 3.05) is 13.2 Å². The monoisotopic (exact) mass is 444 g/mol. The van der Waals surface area contributed by atoms with Gasteiger partial charge in [0.05, 0.1) is 12.3 Å². The topological polar surface area (TPSA) is 47.3 Å². The maximum Gasteiger partial charge on any atom is 0.144 e. The molecule has 0 spiro atoms. The molecular formula is C28H45FN2O. The molecule has 0 aromatic rings. The number of alkyl halides is 1. The lowest BCUT2D eigenvalue weighted by Gasteiger charge is -2.25. The molecule has 0 saturated carbocycles. The Morgan fingerprint density at radius 1 is 1.31 bits per heavy atom. The van der Waals surface area contributed by atoms with E-state index in [9.17, 15) is 4.39 Å². The Kier molecular flexibility index (Phi) is 11.0. The van der Waals surface area contributed by atoms with Gasteiger partial charge < -0.3 is 15.8 Å². The molecule has 0 radical (unpaired) electrons. The van der Waals surface area contributed by atoms with E-state index in [4.69, 9.17) is 10.5 Å². The summed E-state index contributed by atoms with van der Waals surface area (Å²) in [5.74, 6) is 1.39. The number of nitrogens with two attached hydrogens (primary N) is 1. The van der Waals surface area contributed by atoms with Crippen molar-refractivity contribution in [2.24, 2.45) is 23.5 Å². The Hall–Kier alpha value is -2.23. The van der Waals surface area contributed by atoms with Crippen LogP contribution in [0.1, 0.15) is 68.2 Å². The SMILES string of the molecule is C=C(C1=C(C)CC(/C=C\C)/C1=C\NC/C(N)=C/C=C(\CC)OCC(C)(F)C(C)C)C(C)C. The minimum Gasteiger partial charge on any atom is -0.495 e. The molecule has 32 heavy (non-hydrogen) atoms. The lowest BCUT2D eigenvalue weighted by Crippen LogP contribution is -2.31. The van der Waals surface area contributed by atoms with Gasteiger partial charge in [-0.2, -0.15) is 0 Å². The summed E-state index contributed by atoms with van der Waals surface area (Å²) < 4.78 is 20.2. The third-order valence-corrected chi connectivity index (χ3v) is 6.22. The molecule has 0 saturated heterocycles. The van der Waals surface area contributed by atoms with Crippen LogP contribution in [0.25, 0.3) is 0 Å². The number of nitrogens with one attached hydrogen (secondary N) is 1. The van der Waals surface area contributed by atoms with Gasteiger partial charge in [-0.3, -0.25) is 0 Å². The zero-order valence-corrected chi connectivity index (χ0v) is 21.5. The van der Waals surface area contributed by atoms with Gasteiger partial charge in [-0.15, -0.1) is 0 Å². The molecule has 0 heterocycles. The lowest BCUT2D eigenvalue weighted by molar-refractivity contribution is 0.0250. The number of halogens is 1. The number of hydrogen-bond donors (Lipinski definition) is 2. The second-order valence-electron chi connectivity index (χ2n) is 9.60. The van der Waals surface area contributed by atoms with Crippen molar-refractivity contribution in [3.05, 3.63) is 70.8 Å². The predicted octanol–water partition coefficient (Wildman–Crippen LogP) is 7.12. The highest BCUT2D eigenvalue weighted by atomic mass is 19.1. The van der Waals surface area contributed by atoms with E-state index in [1.54, 1.807) is 6.92 Å². The highest BCUT2D eigenvalue weighted by Crippen LogP contribution is 2.42. The zero-order valence-electron chi connectivity index (χ0n) is 21.5. The molecule has 3 N–H and O–H groups in total. The van der Waals surface area contributed by atoms with Crippen LogP contribution in [0.4, 0.5) is 4.39 Å². The van der Waals surface area contributed by atoms with Gasteiger partial charge in [-0.25, -0.2) is 4.39 Å². The minimum absolute atomic E-state index is 0.0446. The second kappa shape index (κ2) is 12.7. The molecule has 1 aliphatic carbocycles. The van der Waals surface area contributed by atoms with Crippen molar-refractivity contribution in [3.8, 4) is 0 Å². The van der Waals surface area contributed by atoms with Crippen molar-refractivity contribution in [3.63, 3.8) is 0 Å². The Balaban J connectivity index is 2.87. The van der Waals surface area contributed by atoms with E-state index in [1.807, 2.05) is 32.9 Å². The lowest BCUT2D eigenvalue weighted by atomic mass is 9.89. The molecule has 0 aromatic carbocycles. The largest absolute Gasteiger partial charge is 0.495 e. The standard InChI is InChI=1S/C28H45FN2O/c1-10-12-23-15-21(7)27(22(8)19(3)4)26(23)17-31-16-24(30)13-14-25(11-2)32-18-28(9,29)20(5)6/h10,12-14,17,19-20,23,31H,8,11,15-16,18,30H2,1-7,9H3/b12-10-,24-13-,25-14+,26-17+. The molecule has 0 aromatic heterocycles. The van der Waals surface area contributed by atoms with E-state index in [-0.39, 0.29) is 12.5 Å². The van der Waals surface area contributed by atoms with Crippen LogP contribution < -0.4 is 11.1 Å². The van der Waals surface area contributed by atoms with Crippen LogP contribution in [0.3, 0.4) is 0 Å². The Bertz CT molecular complexity index is 794. The van der Waals surface area contributed by atoms with Crippen LogP contribution in [-0.4, -0.2) is 18.8 Å². The molecule has 2 atom stereocenters. The quantitative estimate of drug-likeness (QED) is 0.191. The highest BCUT2D eigenvalue weighted by Gasteiger charge is 2.29. The normalized spacial score (nSPS) is 21.2. The van der Waals surface area contributed by atoms with Crippen molar-refractivity contribution in [1.82, 2.24) is 5.32 Å². The van der Waals surface area contributed by atoms with Crippen LogP contribution in [0.15, 0.2) is 70.8 Å². The fourth-order valence-electron chi connectivity index (χ4n) is 3.51. The minimum atomic E-state index is -1.36. The van der Waals surface area contributed by atoms with E-state index < -0.39 is 5.67 Å². The predicted molar refractivity (Wildman–Crippen MR) is 137 cm³/mol. The summed E-state index contributed by atoms with van der Waals surface area (Å²) in [7, 11) is 0. The van der Waals surface area contributed by atoms with Gasteiger partial charge in [0.2, 0.25) is 0 Å². The molecule has 180 valence electrons. The van der Waals surface area contributed by atoms with Crippen LogP contribution in [-0.2, 0) is 4.74 Å². The van der Waals surface area contributed by atoms with Crippen LogP contribution >= 0.6 is 0 Å². The van der Waals surface area contributed by atoms with Crippen LogP contribution in [0.2, 0.25) is 0 Å². The second-order valence-corrected chi connectivity index (χ2v) is 9.60. The fourth-order valence-corrected chi connectivity index (χ4v) is 3.51. The summed E-state index contributed by atoms with van der Waals surface area (Å²) in [6, 6.07) is 0. The number of ether oxygens (including phenoxy) is 1. The summed E-state index contributed by atoms with van der Waals surface area (Å²) in [5.41, 5.74) is 10.7. The molecule has 0 amide bonds. The summed E-state index contributed by atoms with van der Waals surface area (Å²) in [4.78, 5) is 0. The number of rotatable bonds is 12. The molecule has 4 heteroatoms. The van der Waals surface area contributed by atoms with Gasteiger partial charge in [0, 0.05) is 24.2 Å². The molecule has 0 bridgehead atoms. The van der Waals surface area contributed by atoms with E-state index in [2.05, 4.69) is 57.9 Å². The fraction of sp³-hybridized carbons (Fsp3) is 0.571. The first kappa shape index (κ1) is 27.8. The highest BCUT2D eigenvalue weighted by molar-refractivity contribution is 5.55. The maximum absolute atomic E-state index is 14.5. The maximum atomic E-state index is 14.5. The summed E-state index contributed by atoms with van der Waals surface area (Å²) in [6.07, 6.45) is 11.8. The van der Waals surface area contributed by atoms with Gasteiger partial charge >= 0.3 is 0 Å². The van der Waals surface area contributed by atoms with E-state index >= 15 is 0 Å². The van der Waals surface area contributed by atoms with Crippen molar-refractivity contribution in [1.29, 1.82) is 0 Å². The van der Waals surface area contributed by atoms with Gasteiger partial charge in [-0.05, 0) is 67.9 Å². The van der Waals surface area contributed by atoms with Gasteiger partial charge in [0.25, 0.3) is 0 Å². The molecule has 0 aliphatic heterocycles. The molecule has 1 aliphatic rings. The first-order valence-electron chi connectivity index (χ1n) is 11.9. The Morgan fingerprint density at radius 3 is 2.50 bits per heavy atom. The third-order valence-electron chi connectivity index (χ3n) is 6.22. The van der Waals surface area contributed by atoms with Gasteiger partial charge in [0.1, 0.15) is 12.3 Å². The molecule has 2 unspecified atom stereocenters. The van der Waals surface area contributed by atoms with Gasteiger partial charge in [0.15, 0.2) is 0 Å². The zero-order chi connectivity index (χ0) is 24.5. The molecule has 0 fully saturated rings. The average Bonchev–Trinajstić information content (AvgIpc) is 3.02. The average molecular weight is 445 g/mol. The van der Waals surface area contributed by atoms with Crippen LogP contribution in [0, 0.1) is 17.8 Å². The van der Waals surface area contributed by atoms with E-state index in [1.165, 1.54) is 22.3 Å². The van der Waals surface area contributed by atoms with Crippen molar-refractivity contribution >= 4 is 0 Å². The van der Waals surface area contributed by atoms with E-state index in [0.717, 1.165) is 12.2 Å². The smallest absolute Gasteiger partial charge is 0.144 e. The van der Waals surface area contributed by atoms with E-state index in [0.29, 0.717) is 30.5 Å².